The van der Waals surface area contributed by atoms with E-state index < -0.39 is 11.8 Å². The Hall–Kier alpha value is -3.84. The molecular weight excluding hydrogens is 442 g/mol. The van der Waals surface area contributed by atoms with Gasteiger partial charge in [-0.1, -0.05) is 29.3 Å². The van der Waals surface area contributed by atoms with Crippen molar-refractivity contribution in [3.63, 3.8) is 0 Å². The molecule has 0 atom stereocenters. The highest BCUT2D eigenvalue weighted by Gasteiger charge is 2.11. The highest BCUT2D eigenvalue weighted by atomic mass is 35.5. The zero-order valence-corrected chi connectivity index (χ0v) is 19.2. The first kappa shape index (κ1) is 23.8. The van der Waals surface area contributed by atoms with Crippen LogP contribution in [-0.2, 0) is 4.79 Å². The summed E-state index contributed by atoms with van der Waals surface area (Å²) < 4.78 is 5.46. The summed E-state index contributed by atoms with van der Waals surface area (Å²) in [5, 5.41) is 3.43. The number of carbonyl (C=O) groups excluding carboxylic acids is 3. The van der Waals surface area contributed by atoms with Gasteiger partial charge in [0.2, 0.25) is 0 Å². The second-order valence-electron chi connectivity index (χ2n) is 7.56. The summed E-state index contributed by atoms with van der Waals surface area (Å²) in [6.45, 7) is 5.34. The standard InChI is InChI=1S/C25H24ClN3O4/c1-15-5-4-6-19(11-15)24(31)27-20-9-7-18(8-10-20)25(32)29-28-22(30)14-33-21-12-16(2)23(26)17(3)13-21/h4-13H,14H2,1-3H3,(H,27,31)(H,28,30)(H,29,32). The van der Waals surface area contributed by atoms with Gasteiger partial charge in [0.05, 0.1) is 0 Å². The van der Waals surface area contributed by atoms with Crippen LogP contribution in [-0.4, -0.2) is 24.3 Å². The Bertz CT molecular complexity index is 1170. The zero-order valence-electron chi connectivity index (χ0n) is 18.5. The van der Waals surface area contributed by atoms with E-state index in [4.69, 9.17) is 16.3 Å². The molecule has 3 amide bonds. The highest BCUT2D eigenvalue weighted by Crippen LogP contribution is 2.25. The minimum Gasteiger partial charge on any atom is -0.484 e. The highest BCUT2D eigenvalue weighted by molar-refractivity contribution is 6.32. The van der Waals surface area contributed by atoms with Crippen LogP contribution in [0.4, 0.5) is 5.69 Å². The number of amides is 3. The fourth-order valence-corrected chi connectivity index (χ4v) is 3.18. The summed E-state index contributed by atoms with van der Waals surface area (Å²) in [5.41, 5.74) is 8.72. The number of nitrogens with one attached hydrogen (secondary N) is 3. The topological polar surface area (TPSA) is 96.5 Å². The summed E-state index contributed by atoms with van der Waals surface area (Å²) in [6, 6.07) is 17.0. The molecule has 0 aliphatic heterocycles. The van der Waals surface area contributed by atoms with Crippen LogP contribution in [0, 0.1) is 20.8 Å². The maximum Gasteiger partial charge on any atom is 0.276 e. The molecule has 0 aromatic heterocycles. The monoisotopic (exact) mass is 465 g/mol. The van der Waals surface area contributed by atoms with Crippen LogP contribution in [0.15, 0.2) is 60.7 Å². The molecule has 8 heteroatoms. The minimum absolute atomic E-state index is 0.241. The molecule has 0 unspecified atom stereocenters. The lowest BCUT2D eigenvalue weighted by Crippen LogP contribution is -2.43. The molecule has 7 nitrogen and oxygen atoms in total. The van der Waals surface area contributed by atoms with Crippen molar-refractivity contribution in [1.82, 2.24) is 10.9 Å². The van der Waals surface area contributed by atoms with Gasteiger partial charge in [-0.3, -0.25) is 25.2 Å². The van der Waals surface area contributed by atoms with Crippen LogP contribution in [0.3, 0.4) is 0 Å². The Kier molecular flexibility index (Phi) is 7.69. The molecule has 3 rings (SSSR count). The quantitative estimate of drug-likeness (QED) is 0.471. The van der Waals surface area contributed by atoms with E-state index in [1.54, 1.807) is 48.5 Å². The van der Waals surface area contributed by atoms with Gasteiger partial charge in [0.15, 0.2) is 6.61 Å². The SMILES string of the molecule is Cc1cccc(C(=O)Nc2ccc(C(=O)NNC(=O)COc3cc(C)c(Cl)c(C)c3)cc2)c1. The molecule has 0 radical (unpaired) electrons. The number of benzene rings is 3. The lowest BCUT2D eigenvalue weighted by atomic mass is 10.1. The molecule has 0 aliphatic rings. The zero-order chi connectivity index (χ0) is 24.0. The number of hydrazine groups is 1. The predicted molar refractivity (Wildman–Crippen MR) is 128 cm³/mol. The Labute approximate surface area is 197 Å². The fourth-order valence-electron chi connectivity index (χ4n) is 3.07. The van der Waals surface area contributed by atoms with E-state index >= 15 is 0 Å². The smallest absolute Gasteiger partial charge is 0.276 e. The van der Waals surface area contributed by atoms with Crippen LogP contribution in [0.2, 0.25) is 5.02 Å². The van der Waals surface area contributed by atoms with Crippen molar-refractivity contribution in [3.8, 4) is 5.75 Å². The van der Waals surface area contributed by atoms with Gasteiger partial charge in [0.1, 0.15) is 5.75 Å². The van der Waals surface area contributed by atoms with Gasteiger partial charge >= 0.3 is 0 Å². The van der Waals surface area contributed by atoms with E-state index in [0.717, 1.165) is 16.7 Å². The molecule has 0 saturated carbocycles. The maximum absolute atomic E-state index is 12.3. The van der Waals surface area contributed by atoms with E-state index in [9.17, 15) is 14.4 Å². The molecule has 0 saturated heterocycles. The van der Waals surface area contributed by atoms with Crippen LogP contribution in [0.5, 0.6) is 5.75 Å². The Morgan fingerprint density at radius 1 is 0.818 bits per heavy atom. The summed E-state index contributed by atoms with van der Waals surface area (Å²) >= 11 is 6.12. The molecule has 3 aromatic carbocycles. The fraction of sp³-hybridized carbons (Fsp3) is 0.160. The number of rotatable bonds is 6. The van der Waals surface area contributed by atoms with Gasteiger partial charge in [-0.2, -0.15) is 0 Å². The second-order valence-corrected chi connectivity index (χ2v) is 7.94. The molecule has 0 spiro atoms. The molecule has 33 heavy (non-hydrogen) atoms. The van der Waals surface area contributed by atoms with Crippen molar-refractivity contribution in [2.45, 2.75) is 20.8 Å². The van der Waals surface area contributed by atoms with Crippen LogP contribution in [0.1, 0.15) is 37.4 Å². The number of hydrogen-bond donors (Lipinski definition) is 3. The van der Waals surface area contributed by atoms with Gasteiger partial charge in [-0.15, -0.1) is 0 Å². The van der Waals surface area contributed by atoms with E-state index in [1.807, 2.05) is 32.9 Å². The summed E-state index contributed by atoms with van der Waals surface area (Å²) in [5.74, 6) is -0.748. The second kappa shape index (κ2) is 10.7. The lowest BCUT2D eigenvalue weighted by Gasteiger charge is -2.11. The minimum atomic E-state index is -0.518. The number of halogens is 1. The Balaban J connectivity index is 1.48. The van der Waals surface area contributed by atoms with Crippen molar-refractivity contribution in [2.24, 2.45) is 0 Å². The van der Waals surface area contributed by atoms with E-state index in [-0.39, 0.29) is 12.5 Å². The van der Waals surface area contributed by atoms with Crippen molar-refractivity contribution in [3.05, 3.63) is 93.5 Å². The van der Waals surface area contributed by atoms with Gasteiger partial charge in [0, 0.05) is 21.8 Å². The van der Waals surface area contributed by atoms with E-state index in [1.165, 1.54) is 0 Å². The molecule has 3 aromatic rings. The van der Waals surface area contributed by atoms with Gasteiger partial charge in [-0.25, -0.2) is 0 Å². The van der Waals surface area contributed by atoms with Crippen molar-refractivity contribution >= 4 is 35.0 Å². The molecule has 0 aliphatic carbocycles. The number of hydrogen-bond acceptors (Lipinski definition) is 4. The molecule has 3 N–H and O–H groups in total. The number of anilines is 1. The summed E-state index contributed by atoms with van der Waals surface area (Å²) in [7, 11) is 0. The first-order valence-electron chi connectivity index (χ1n) is 10.2. The van der Waals surface area contributed by atoms with Gasteiger partial charge < -0.3 is 10.1 Å². The third kappa shape index (κ3) is 6.57. The third-order valence-corrected chi connectivity index (χ3v) is 5.38. The van der Waals surface area contributed by atoms with Crippen molar-refractivity contribution < 1.29 is 19.1 Å². The maximum atomic E-state index is 12.3. The largest absolute Gasteiger partial charge is 0.484 e. The normalized spacial score (nSPS) is 10.3. The predicted octanol–water partition coefficient (Wildman–Crippen LogP) is 4.36. The van der Waals surface area contributed by atoms with E-state index in [2.05, 4.69) is 16.2 Å². The molecular formula is C25H24ClN3O4. The van der Waals surface area contributed by atoms with Gasteiger partial charge in [-0.05, 0) is 80.4 Å². The lowest BCUT2D eigenvalue weighted by molar-refractivity contribution is -0.123. The van der Waals surface area contributed by atoms with Crippen LogP contribution >= 0.6 is 11.6 Å². The van der Waals surface area contributed by atoms with Crippen molar-refractivity contribution in [2.75, 3.05) is 11.9 Å². The third-order valence-electron chi connectivity index (χ3n) is 4.78. The molecule has 170 valence electrons. The van der Waals surface area contributed by atoms with Crippen molar-refractivity contribution in [1.29, 1.82) is 0 Å². The number of aryl methyl sites for hydroxylation is 3. The molecule has 0 fully saturated rings. The Morgan fingerprint density at radius 3 is 2.12 bits per heavy atom. The summed E-state index contributed by atoms with van der Waals surface area (Å²) in [4.78, 5) is 36.6. The first-order valence-corrected chi connectivity index (χ1v) is 10.6. The van der Waals surface area contributed by atoms with Crippen LogP contribution in [0.25, 0.3) is 0 Å². The Morgan fingerprint density at radius 2 is 1.48 bits per heavy atom. The number of ether oxygens (including phenoxy) is 1. The first-order chi connectivity index (χ1) is 15.7. The average molecular weight is 466 g/mol. The molecule has 0 heterocycles. The molecule has 0 bridgehead atoms. The van der Waals surface area contributed by atoms with Crippen LogP contribution < -0.4 is 20.9 Å². The number of carbonyl (C=O) groups is 3. The van der Waals surface area contributed by atoms with E-state index in [0.29, 0.717) is 27.6 Å². The van der Waals surface area contributed by atoms with Gasteiger partial charge in [0.25, 0.3) is 17.7 Å². The summed E-state index contributed by atoms with van der Waals surface area (Å²) in [6.07, 6.45) is 0. The average Bonchev–Trinajstić information content (AvgIpc) is 2.80.